The molecular weight excluding hydrogens is 407 g/mol. The van der Waals surface area contributed by atoms with Crippen molar-refractivity contribution >= 4 is 39.8 Å². The van der Waals surface area contributed by atoms with Gasteiger partial charge in [-0.25, -0.2) is 8.42 Å². The molecule has 7 nitrogen and oxygen atoms in total. The molecule has 0 aromatic heterocycles. The number of hydrogen-bond donors (Lipinski definition) is 2. The second kappa shape index (κ2) is 10.6. The summed E-state index contributed by atoms with van der Waals surface area (Å²) in [6.07, 6.45) is 0.650. The highest BCUT2D eigenvalue weighted by Gasteiger charge is 2.28. The van der Waals surface area contributed by atoms with Gasteiger partial charge in [0, 0.05) is 39.8 Å². The van der Waals surface area contributed by atoms with Crippen LogP contribution in [0.15, 0.2) is 4.99 Å². The number of nitrogens with one attached hydrogen (secondary N) is 2. The Morgan fingerprint density at radius 3 is 2.67 bits per heavy atom. The number of hydrogen-bond acceptors (Lipinski definition) is 5. The van der Waals surface area contributed by atoms with Crippen molar-refractivity contribution in [2.75, 3.05) is 59.0 Å². The van der Waals surface area contributed by atoms with Crippen LogP contribution in [0, 0.1) is 0 Å². The van der Waals surface area contributed by atoms with Crippen LogP contribution >= 0.6 is 24.0 Å². The number of methoxy groups -OCH3 is 1. The Morgan fingerprint density at radius 2 is 2.14 bits per heavy atom. The lowest BCUT2D eigenvalue weighted by Crippen LogP contribution is -2.46. The summed E-state index contributed by atoms with van der Waals surface area (Å²) < 4.78 is 27.8. The van der Waals surface area contributed by atoms with Crippen LogP contribution in [0.1, 0.15) is 6.42 Å². The molecular formula is C12H27IN4O3S. The van der Waals surface area contributed by atoms with Gasteiger partial charge < -0.3 is 20.3 Å². The number of aliphatic imine (C=N–C) groups is 1. The van der Waals surface area contributed by atoms with Gasteiger partial charge in [0.15, 0.2) is 15.8 Å². The number of rotatable bonds is 7. The first-order chi connectivity index (χ1) is 9.46. The first-order valence-electron chi connectivity index (χ1n) is 6.82. The minimum atomic E-state index is -2.86. The van der Waals surface area contributed by atoms with Gasteiger partial charge in [-0.1, -0.05) is 0 Å². The topological polar surface area (TPSA) is 83.0 Å². The van der Waals surface area contributed by atoms with Crippen molar-refractivity contribution in [1.29, 1.82) is 0 Å². The van der Waals surface area contributed by atoms with E-state index in [0.717, 1.165) is 19.6 Å². The molecule has 2 N–H and O–H groups in total. The van der Waals surface area contributed by atoms with Crippen LogP contribution in [0.3, 0.4) is 0 Å². The Kier molecular flexibility index (Phi) is 10.5. The lowest BCUT2D eigenvalue weighted by atomic mass is 10.3. The molecule has 0 spiro atoms. The standard InChI is InChI=1S/C12H26N4O3S.HI/c1-13-12(14-5-6-16(2)7-8-19-3)15-11-4-9-20(17,18)10-11;/h11H,4-10H2,1-3H3,(H2,13,14,15);1H. The Balaban J connectivity index is 0.00000400. The number of sulfone groups is 1. The SMILES string of the molecule is CN=C(NCCN(C)CCOC)NC1CCS(=O)(=O)C1.I. The van der Waals surface area contributed by atoms with Crippen LogP contribution in [0.2, 0.25) is 0 Å². The van der Waals surface area contributed by atoms with Crippen LogP contribution in [0.25, 0.3) is 0 Å². The summed E-state index contributed by atoms with van der Waals surface area (Å²) in [7, 11) is 2.54. The van der Waals surface area contributed by atoms with Gasteiger partial charge in [0.25, 0.3) is 0 Å². The van der Waals surface area contributed by atoms with Crippen LogP contribution in [-0.2, 0) is 14.6 Å². The summed E-state index contributed by atoms with van der Waals surface area (Å²) in [5.41, 5.74) is 0. The normalized spacial score (nSPS) is 21.1. The Morgan fingerprint density at radius 1 is 1.43 bits per heavy atom. The quantitative estimate of drug-likeness (QED) is 0.321. The highest BCUT2D eigenvalue weighted by Crippen LogP contribution is 2.10. The molecule has 1 unspecified atom stereocenters. The predicted octanol–water partition coefficient (Wildman–Crippen LogP) is -0.465. The fourth-order valence-electron chi connectivity index (χ4n) is 2.02. The van der Waals surface area contributed by atoms with Crippen molar-refractivity contribution in [1.82, 2.24) is 15.5 Å². The van der Waals surface area contributed by atoms with Crippen molar-refractivity contribution in [3.63, 3.8) is 0 Å². The zero-order valence-electron chi connectivity index (χ0n) is 13.0. The summed E-state index contributed by atoms with van der Waals surface area (Å²) >= 11 is 0. The largest absolute Gasteiger partial charge is 0.383 e. The molecule has 0 aromatic rings. The molecule has 1 aliphatic heterocycles. The molecule has 21 heavy (non-hydrogen) atoms. The molecule has 1 atom stereocenters. The van der Waals surface area contributed by atoms with E-state index in [4.69, 9.17) is 4.74 Å². The van der Waals surface area contributed by atoms with Crippen molar-refractivity contribution < 1.29 is 13.2 Å². The Hall–Kier alpha value is -0.130. The fourth-order valence-corrected chi connectivity index (χ4v) is 3.69. The number of ether oxygens (including phenoxy) is 1. The second-order valence-electron chi connectivity index (χ2n) is 5.04. The molecule has 0 radical (unpaired) electrons. The summed E-state index contributed by atoms with van der Waals surface area (Å²) in [5, 5.41) is 6.35. The third kappa shape index (κ3) is 8.79. The number of guanidine groups is 1. The van der Waals surface area contributed by atoms with Crippen molar-refractivity contribution in [2.45, 2.75) is 12.5 Å². The maximum absolute atomic E-state index is 11.4. The van der Waals surface area contributed by atoms with Crippen molar-refractivity contribution in [3.05, 3.63) is 0 Å². The highest BCUT2D eigenvalue weighted by atomic mass is 127. The maximum atomic E-state index is 11.4. The fraction of sp³-hybridized carbons (Fsp3) is 0.917. The summed E-state index contributed by atoms with van der Waals surface area (Å²) in [4.78, 5) is 6.27. The third-order valence-electron chi connectivity index (χ3n) is 3.26. The minimum absolute atomic E-state index is 0. The summed E-state index contributed by atoms with van der Waals surface area (Å²) in [6, 6.07) is -0.0302. The number of halogens is 1. The first kappa shape index (κ1) is 20.9. The van der Waals surface area contributed by atoms with Crippen molar-refractivity contribution in [3.8, 4) is 0 Å². The van der Waals surface area contributed by atoms with E-state index in [9.17, 15) is 8.42 Å². The maximum Gasteiger partial charge on any atom is 0.191 e. The second-order valence-corrected chi connectivity index (χ2v) is 7.27. The zero-order valence-corrected chi connectivity index (χ0v) is 16.1. The molecule has 1 rings (SSSR count). The molecule has 1 fully saturated rings. The predicted molar refractivity (Wildman–Crippen MR) is 96.3 cm³/mol. The smallest absolute Gasteiger partial charge is 0.191 e. The van der Waals surface area contributed by atoms with Gasteiger partial charge in [-0.05, 0) is 13.5 Å². The van der Waals surface area contributed by atoms with Crippen LogP contribution in [0.4, 0.5) is 0 Å². The Labute approximate surface area is 144 Å². The van der Waals surface area contributed by atoms with E-state index in [-0.39, 0.29) is 41.5 Å². The van der Waals surface area contributed by atoms with E-state index in [1.807, 2.05) is 7.05 Å². The lowest BCUT2D eigenvalue weighted by molar-refractivity contribution is 0.162. The van der Waals surface area contributed by atoms with Crippen LogP contribution in [-0.4, -0.2) is 84.3 Å². The Bertz CT molecular complexity index is 417. The third-order valence-corrected chi connectivity index (χ3v) is 5.03. The van der Waals surface area contributed by atoms with Gasteiger partial charge in [-0.3, -0.25) is 4.99 Å². The number of nitrogens with zero attached hydrogens (tertiary/aromatic N) is 2. The molecule has 9 heteroatoms. The molecule has 1 aliphatic rings. The molecule has 0 aliphatic carbocycles. The van der Waals surface area contributed by atoms with E-state index in [0.29, 0.717) is 19.0 Å². The molecule has 1 saturated heterocycles. The van der Waals surface area contributed by atoms with Crippen LogP contribution in [0.5, 0.6) is 0 Å². The number of likely N-dealkylation sites (N-methyl/N-ethyl adjacent to an activating group) is 1. The van der Waals surface area contributed by atoms with Crippen molar-refractivity contribution in [2.24, 2.45) is 4.99 Å². The van der Waals surface area contributed by atoms with Gasteiger partial charge in [0.1, 0.15) is 0 Å². The molecule has 126 valence electrons. The highest BCUT2D eigenvalue weighted by molar-refractivity contribution is 14.0. The summed E-state index contributed by atoms with van der Waals surface area (Å²) in [6.45, 7) is 3.21. The van der Waals surface area contributed by atoms with E-state index in [1.54, 1.807) is 14.2 Å². The molecule has 0 aromatic carbocycles. The molecule has 0 amide bonds. The van der Waals surface area contributed by atoms with Gasteiger partial charge in [0.05, 0.1) is 18.1 Å². The van der Waals surface area contributed by atoms with Gasteiger partial charge in [-0.15, -0.1) is 24.0 Å². The van der Waals surface area contributed by atoms with E-state index in [2.05, 4.69) is 20.5 Å². The first-order valence-corrected chi connectivity index (χ1v) is 8.64. The average Bonchev–Trinajstić information content (AvgIpc) is 2.74. The average molecular weight is 434 g/mol. The monoisotopic (exact) mass is 434 g/mol. The molecule has 0 saturated carbocycles. The van der Waals surface area contributed by atoms with E-state index in [1.165, 1.54) is 0 Å². The van der Waals surface area contributed by atoms with E-state index < -0.39 is 9.84 Å². The minimum Gasteiger partial charge on any atom is -0.383 e. The van der Waals surface area contributed by atoms with Gasteiger partial charge in [-0.2, -0.15) is 0 Å². The van der Waals surface area contributed by atoms with Crippen LogP contribution < -0.4 is 10.6 Å². The van der Waals surface area contributed by atoms with Gasteiger partial charge in [0.2, 0.25) is 0 Å². The molecule has 0 bridgehead atoms. The van der Waals surface area contributed by atoms with E-state index >= 15 is 0 Å². The zero-order chi connectivity index (χ0) is 15.0. The molecule has 1 heterocycles. The summed E-state index contributed by atoms with van der Waals surface area (Å²) in [5.74, 6) is 1.12. The lowest BCUT2D eigenvalue weighted by Gasteiger charge is -2.19. The van der Waals surface area contributed by atoms with Gasteiger partial charge >= 0.3 is 0 Å².